The lowest BCUT2D eigenvalue weighted by molar-refractivity contribution is 0.0992. The first-order valence-electron chi connectivity index (χ1n) is 8.53. The van der Waals surface area contributed by atoms with Crippen molar-refractivity contribution in [3.63, 3.8) is 0 Å². The van der Waals surface area contributed by atoms with Crippen LogP contribution in [-0.2, 0) is 10.8 Å². The first kappa shape index (κ1) is 19.6. The molecule has 5 nitrogen and oxygen atoms in total. The second-order valence-corrected chi connectivity index (χ2v) is 8.41. The summed E-state index contributed by atoms with van der Waals surface area (Å²) in [5, 5.41) is 28.3. The van der Waals surface area contributed by atoms with Gasteiger partial charge in [-0.25, -0.2) is 0 Å². The van der Waals surface area contributed by atoms with E-state index < -0.39 is 5.91 Å². The minimum atomic E-state index is -0.620. The van der Waals surface area contributed by atoms with Gasteiger partial charge in [-0.15, -0.1) is 10.2 Å². The Labute approximate surface area is 154 Å². The first-order valence-corrected chi connectivity index (χ1v) is 8.53. The molecule has 2 aromatic carbocycles. The van der Waals surface area contributed by atoms with E-state index in [0.717, 1.165) is 11.1 Å². The maximum absolute atomic E-state index is 12.2. The molecule has 0 aliphatic heterocycles. The van der Waals surface area contributed by atoms with Gasteiger partial charge in [-0.3, -0.25) is 4.79 Å². The van der Waals surface area contributed by atoms with E-state index in [2.05, 4.69) is 10.2 Å². The van der Waals surface area contributed by atoms with Crippen LogP contribution in [0.15, 0.2) is 46.6 Å². The largest absolute Gasteiger partial charge is 0.507 e. The monoisotopic (exact) mass is 354 g/mol. The molecule has 0 aromatic heterocycles. The molecule has 0 fully saturated rings. The van der Waals surface area contributed by atoms with Crippen LogP contribution in [0.1, 0.15) is 63.0 Å². The number of hydrogen-bond donors (Lipinski definition) is 2. The van der Waals surface area contributed by atoms with Crippen molar-refractivity contribution in [3.8, 4) is 11.5 Å². The second kappa shape index (κ2) is 6.90. The van der Waals surface area contributed by atoms with Gasteiger partial charge in [0.1, 0.15) is 11.5 Å². The van der Waals surface area contributed by atoms with Crippen LogP contribution in [0.25, 0.3) is 0 Å². The highest BCUT2D eigenvalue weighted by Gasteiger charge is 2.26. The van der Waals surface area contributed by atoms with Crippen molar-refractivity contribution in [1.82, 2.24) is 0 Å². The Bertz CT molecular complexity index is 821. The van der Waals surface area contributed by atoms with E-state index >= 15 is 0 Å². The van der Waals surface area contributed by atoms with Crippen molar-refractivity contribution in [1.29, 1.82) is 0 Å². The quantitative estimate of drug-likeness (QED) is 0.687. The lowest BCUT2D eigenvalue weighted by atomic mass is 9.79. The molecule has 2 N–H and O–H groups in total. The molecule has 0 saturated carbocycles. The van der Waals surface area contributed by atoms with E-state index in [1.165, 1.54) is 12.1 Å². The average molecular weight is 354 g/mol. The molecule has 0 aliphatic rings. The number of hydrogen-bond acceptors (Lipinski definition) is 4. The number of phenolic OH excluding ortho intramolecular Hbond substituents is 2. The van der Waals surface area contributed by atoms with E-state index in [9.17, 15) is 15.0 Å². The Morgan fingerprint density at radius 2 is 1.38 bits per heavy atom. The molecule has 0 unspecified atom stereocenters. The molecule has 0 bridgehead atoms. The van der Waals surface area contributed by atoms with Gasteiger partial charge in [0.2, 0.25) is 0 Å². The Kier molecular flexibility index (Phi) is 5.21. The molecule has 5 heteroatoms. The molecule has 0 spiro atoms. The average Bonchev–Trinajstić information content (AvgIpc) is 2.51. The summed E-state index contributed by atoms with van der Waals surface area (Å²) in [6, 6.07) is 9.69. The number of azo groups is 1. The number of nitrogens with zero attached hydrogens (tertiary/aromatic N) is 2. The van der Waals surface area contributed by atoms with Gasteiger partial charge in [-0.1, -0.05) is 53.7 Å². The molecule has 2 rings (SSSR count). The van der Waals surface area contributed by atoms with Gasteiger partial charge < -0.3 is 10.2 Å². The van der Waals surface area contributed by atoms with E-state index in [0.29, 0.717) is 5.69 Å². The molecule has 1 amide bonds. The summed E-state index contributed by atoms with van der Waals surface area (Å²) in [7, 11) is 0. The minimum Gasteiger partial charge on any atom is -0.507 e. The van der Waals surface area contributed by atoms with E-state index in [1.54, 1.807) is 24.3 Å². The zero-order valence-electron chi connectivity index (χ0n) is 16.2. The predicted octanol–water partition coefficient (Wildman–Crippen LogP) is 5.62. The van der Waals surface area contributed by atoms with Crippen molar-refractivity contribution in [2.45, 2.75) is 52.4 Å². The zero-order chi connectivity index (χ0) is 19.7. The van der Waals surface area contributed by atoms with Gasteiger partial charge in [0.15, 0.2) is 0 Å². The molecule has 0 aliphatic carbocycles. The number of amides is 1. The van der Waals surface area contributed by atoms with E-state index in [1.807, 2.05) is 41.5 Å². The van der Waals surface area contributed by atoms with Gasteiger partial charge in [-0.2, -0.15) is 0 Å². The third-order valence-electron chi connectivity index (χ3n) is 4.10. The standard InChI is InChI=1S/C21H26N2O3/c1-20(2,3)15-11-13(12-16(18(15)25)21(4,5)6)22-23-19(26)14-9-7-8-10-17(14)24/h7-12,24-25H,1-6H3. The number of aromatic hydroxyl groups is 2. The van der Waals surface area contributed by atoms with Crippen LogP contribution in [0.3, 0.4) is 0 Å². The lowest BCUT2D eigenvalue weighted by Gasteiger charge is -2.27. The Balaban J connectivity index is 2.50. The Hall–Kier alpha value is -2.69. The van der Waals surface area contributed by atoms with Crippen molar-refractivity contribution < 1.29 is 15.0 Å². The lowest BCUT2D eigenvalue weighted by Crippen LogP contribution is -2.16. The first-order chi connectivity index (χ1) is 11.9. The Morgan fingerprint density at radius 1 is 0.885 bits per heavy atom. The molecular weight excluding hydrogens is 328 g/mol. The van der Waals surface area contributed by atoms with Gasteiger partial charge in [0, 0.05) is 11.1 Å². The SMILES string of the molecule is CC(C)(C)c1cc(N=NC(=O)c2ccccc2O)cc(C(C)(C)C)c1O. The third kappa shape index (κ3) is 4.28. The number of rotatable bonds is 2. The minimum absolute atomic E-state index is 0.0992. The van der Waals surface area contributed by atoms with Crippen LogP contribution in [0, 0.1) is 0 Å². The maximum Gasteiger partial charge on any atom is 0.299 e. The second-order valence-electron chi connectivity index (χ2n) is 8.41. The van der Waals surface area contributed by atoms with E-state index in [4.69, 9.17) is 0 Å². The van der Waals surface area contributed by atoms with Gasteiger partial charge in [0.25, 0.3) is 5.91 Å². The molecule has 2 aromatic rings. The number of benzene rings is 2. The smallest absolute Gasteiger partial charge is 0.299 e. The fourth-order valence-electron chi connectivity index (χ4n) is 2.63. The van der Waals surface area contributed by atoms with Gasteiger partial charge >= 0.3 is 0 Å². The predicted molar refractivity (Wildman–Crippen MR) is 102 cm³/mol. The van der Waals surface area contributed by atoms with Crippen molar-refractivity contribution in [3.05, 3.63) is 53.1 Å². The molecule has 0 radical (unpaired) electrons. The summed E-state index contributed by atoms with van der Waals surface area (Å²) in [5.74, 6) is -0.505. The highest BCUT2D eigenvalue weighted by atomic mass is 16.3. The number of para-hydroxylation sites is 1. The third-order valence-corrected chi connectivity index (χ3v) is 4.10. The highest BCUT2D eigenvalue weighted by molar-refractivity contribution is 5.97. The van der Waals surface area contributed by atoms with Gasteiger partial charge in [0.05, 0.1) is 11.3 Å². The number of carbonyl (C=O) groups is 1. The molecule has 138 valence electrons. The van der Waals surface area contributed by atoms with E-state index in [-0.39, 0.29) is 27.9 Å². The molecule has 0 heterocycles. The highest BCUT2D eigenvalue weighted by Crippen LogP contribution is 2.41. The van der Waals surface area contributed by atoms with Crippen LogP contribution in [0.4, 0.5) is 5.69 Å². The zero-order valence-corrected chi connectivity index (χ0v) is 16.2. The van der Waals surface area contributed by atoms with Crippen LogP contribution < -0.4 is 0 Å². The maximum atomic E-state index is 12.2. The summed E-state index contributed by atoms with van der Waals surface area (Å²) in [6.45, 7) is 12.0. The van der Waals surface area contributed by atoms with Crippen LogP contribution in [-0.4, -0.2) is 16.1 Å². The fraction of sp³-hybridized carbons (Fsp3) is 0.381. The fourth-order valence-corrected chi connectivity index (χ4v) is 2.63. The van der Waals surface area contributed by atoms with Crippen molar-refractivity contribution in [2.24, 2.45) is 10.2 Å². The Morgan fingerprint density at radius 3 is 1.85 bits per heavy atom. The van der Waals surface area contributed by atoms with Crippen LogP contribution >= 0.6 is 0 Å². The summed E-state index contributed by atoms with van der Waals surface area (Å²) < 4.78 is 0. The normalized spacial score (nSPS) is 12.5. The molecular formula is C21H26N2O3. The summed E-state index contributed by atoms with van der Waals surface area (Å²) in [6.07, 6.45) is 0. The molecule has 0 atom stereocenters. The molecule has 26 heavy (non-hydrogen) atoms. The van der Waals surface area contributed by atoms with Gasteiger partial charge in [-0.05, 0) is 35.1 Å². The van der Waals surface area contributed by atoms with Crippen molar-refractivity contribution >= 4 is 11.6 Å². The van der Waals surface area contributed by atoms with Crippen LogP contribution in [0.5, 0.6) is 11.5 Å². The summed E-state index contributed by atoms with van der Waals surface area (Å²) in [5.41, 5.74) is 1.49. The topological polar surface area (TPSA) is 82.2 Å². The molecule has 0 saturated heterocycles. The summed E-state index contributed by atoms with van der Waals surface area (Å²) in [4.78, 5) is 12.2. The number of carbonyl (C=O) groups excluding carboxylic acids is 1. The van der Waals surface area contributed by atoms with Crippen LogP contribution in [0.2, 0.25) is 0 Å². The van der Waals surface area contributed by atoms with Crippen molar-refractivity contribution in [2.75, 3.05) is 0 Å². The number of phenols is 2. The summed E-state index contributed by atoms with van der Waals surface area (Å²) >= 11 is 0.